The Labute approximate surface area is 115 Å². The number of unbranched alkanes of at least 4 members (excludes halogenated alkanes) is 1. The van der Waals surface area contributed by atoms with E-state index in [-0.39, 0.29) is 17.0 Å². The van der Waals surface area contributed by atoms with Crippen molar-refractivity contribution in [3.05, 3.63) is 35.9 Å². The topological polar surface area (TPSA) is 12.4 Å². The minimum Gasteiger partial charge on any atom is -0.293 e. The molecule has 94 valence electrons. The van der Waals surface area contributed by atoms with E-state index in [1.165, 1.54) is 37.0 Å². The Kier molecular flexibility index (Phi) is 6.49. The minimum atomic E-state index is 0. The Bertz CT molecular complexity index is 345. The predicted octanol–water partition coefficient (Wildman–Crippen LogP) is 4.46. The summed E-state index contributed by atoms with van der Waals surface area (Å²) in [6.45, 7) is 3.32. The van der Waals surface area contributed by atoms with E-state index in [9.17, 15) is 0 Å². The lowest BCUT2D eigenvalue weighted by molar-refractivity contribution is 0.574. The average Bonchev–Trinajstić information content (AvgIpc) is 2.75. The third-order valence-electron chi connectivity index (χ3n) is 3.40. The number of halogens is 1. The van der Waals surface area contributed by atoms with Crippen LogP contribution in [0.2, 0.25) is 0 Å². The zero-order valence-corrected chi connectivity index (χ0v) is 12.3. The second kappa shape index (κ2) is 7.65. The van der Waals surface area contributed by atoms with Crippen molar-refractivity contribution in [1.82, 2.24) is 0 Å². The van der Waals surface area contributed by atoms with Gasteiger partial charge in [-0.2, -0.15) is 0 Å². The molecule has 17 heavy (non-hydrogen) atoms. The molecular formula is C15H22BrN. The molecule has 0 radical (unpaired) electrons. The molecule has 1 aromatic carbocycles. The monoisotopic (exact) mass is 295 g/mol. The Morgan fingerprint density at radius 2 is 2.00 bits per heavy atom. The molecule has 2 heteroatoms. The van der Waals surface area contributed by atoms with Crippen molar-refractivity contribution < 1.29 is 0 Å². The number of rotatable bonds is 5. The van der Waals surface area contributed by atoms with Crippen LogP contribution in [0.3, 0.4) is 0 Å². The highest BCUT2D eigenvalue weighted by atomic mass is 79.9. The first-order chi connectivity index (χ1) is 7.90. The van der Waals surface area contributed by atoms with E-state index in [1.807, 2.05) is 0 Å². The van der Waals surface area contributed by atoms with E-state index in [1.54, 1.807) is 0 Å². The number of nitrogens with zero attached hydrogens (tertiary/aromatic N) is 1. The molecule has 1 aliphatic rings. The third-order valence-corrected chi connectivity index (χ3v) is 3.40. The van der Waals surface area contributed by atoms with Gasteiger partial charge in [0.05, 0.1) is 0 Å². The number of hydrogen-bond acceptors (Lipinski definition) is 1. The molecule has 0 spiro atoms. The van der Waals surface area contributed by atoms with E-state index in [4.69, 9.17) is 0 Å². The molecule has 1 atom stereocenters. The van der Waals surface area contributed by atoms with Gasteiger partial charge >= 0.3 is 0 Å². The molecule has 0 bridgehead atoms. The van der Waals surface area contributed by atoms with E-state index < -0.39 is 0 Å². The molecule has 0 saturated carbocycles. The largest absolute Gasteiger partial charge is 0.293 e. The Morgan fingerprint density at radius 1 is 1.24 bits per heavy atom. The molecule has 0 saturated heterocycles. The van der Waals surface area contributed by atoms with Crippen LogP contribution < -0.4 is 0 Å². The molecule has 0 aliphatic carbocycles. The van der Waals surface area contributed by atoms with Crippen LogP contribution >= 0.6 is 17.0 Å². The van der Waals surface area contributed by atoms with Crippen LogP contribution in [0.4, 0.5) is 0 Å². The maximum Gasteiger partial charge on any atom is 0.0395 e. The minimum absolute atomic E-state index is 0. The summed E-state index contributed by atoms with van der Waals surface area (Å²) in [7, 11) is 0. The van der Waals surface area contributed by atoms with Crippen molar-refractivity contribution in [3.63, 3.8) is 0 Å². The third kappa shape index (κ3) is 4.27. The zero-order valence-electron chi connectivity index (χ0n) is 10.6. The van der Waals surface area contributed by atoms with Crippen molar-refractivity contribution in [1.29, 1.82) is 0 Å². The number of benzene rings is 1. The summed E-state index contributed by atoms with van der Waals surface area (Å²) in [6, 6.07) is 10.7. The summed E-state index contributed by atoms with van der Waals surface area (Å²) in [5.41, 5.74) is 2.85. The first kappa shape index (κ1) is 14.4. The van der Waals surface area contributed by atoms with Gasteiger partial charge in [0.15, 0.2) is 0 Å². The molecule has 0 fully saturated rings. The van der Waals surface area contributed by atoms with Gasteiger partial charge < -0.3 is 0 Å². The van der Waals surface area contributed by atoms with E-state index in [2.05, 4.69) is 42.2 Å². The first-order valence-corrected chi connectivity index (χ1v) is 6.47. The highest BCUT2D eigenvalue weighted by molar-refractivity contribution is 8.93. The fourth-order valence-electron chi connectivity index (χ4n) is 2.43. The van der Waals surface area contributed by atoms with Crippen molar-refractivity contribution in [3.8, 4) is 0 Å². The fourth-order valence-corrected chi connectivity index (χ4v) is 2.43. The van der Waals surface area contributed by atoms with E-state index in [0.29, 0.717) is 0 Å². The lowest BCUT2D eigenvalue weighted by Crippen LogP contribution is -2.12. The first-order valence-electron chi connectivity index (χ1n) is 6.47. The molecule has 0 N–H and O–H groups in total. The lowest BCUT2D eigenvalue weighted by atomic mass is 9.92. The highest BCUT2D eigenvalue weighted by Crippen LogP contribution is 2.22. The predicted molar refractivity (Wildman–Crippen MR) is 80.4 cm³/mol. The van der Waals surface area contributed by atoms with Crippen LogP contribution in [0.1, 0.15) is 38.2 Å². The molecule has 1 unspecified atom stereocenters. The van der Waals surface area contributed by atoms with Gasteiger partial charge in [-0.3, -0.25) is 4.99 Å². The Morgan fingerprint density at radius 3 is 2.71 bits per heavy atom. The second-order valence-electron chi connectivity index (χ2n) is 4.66. The van der Waals surface area contributed by atoms with Crippen molar-refractivity contribution >= 4 is 22.7 Å². The van der Waals surface area contributed by atoms with Crippen LogP contribution in [0.25, 0.3) is 0 Å². The van der Waals surface area contributed by atoms with Crippen LogP contribution in [0.15, 0.2) is 35.3 Å². The van der Waals surface area contributed by atoms with Gasteiger partial charge in [-0.05, 0) is 24.3 Å². The fraction of sp³-hybridized carbons (Fsp3) is 0.533. The van der Waals surface area contributed by atoms with Crippen molar-refractivity contribution in [2.45, 2.75) is 39.0 Å². The quantitative estimate of drug-likeness (QED) is 0.761. The molecule has 1 aliphatic heterocycles. The maximum absolute atomic E-state index is 4.68. The molecule has 0 aromatic heterocycles. The second-order valence-corrected chi connectivity index (χ2v) is 4.66. The molecule has 2 rings (SSSR count). The van der Waals surface area contributed by atoms with Crippen LogP contribution in [-0.4, -0.2) is 12.3 Å². The van der Waals surface area contributed by atoms with Crippen molar-refractivity contribution in [2.75, 3.05) is 6.54 Å². The highest BCUT2D eigenvalue weighted by Gasteiger charge is 2.20. The lowest BCUT2D eigenvalue weighted by Gasteiger charge is -2.12. The average molecular weight is 296 g/mol. The van der Waals surface area contributed by atoms with Gasteiger partial charge in [0.1, 0.15) is 0 Å². The van der Waals surface area contributed by atoms with E-state index >= 15 is 0 Å². The molecule has 0 amide bonds. The van der Waals surface area contributed by atoms with Gasteiger partial charge in [0.2, 0.25) is 0 Å². The summed E-state index contributed by atoms with van der Waals surface area (Å²) in [6.07, 6.45) is 6.33. The van der Waals surface area contributed by atoms with Gasteiger partial charge in [-0.1, -0.05) is 50.1 Å². The smallest absolute Gasteiger partial charge is 0.0395 e. The normalized spacial score (nSPS) is 18.6. The summed E-state index contributed by atoms with van der Waals surface area (Å²) in [4.78, 5) is 4.68. The summed E-state index contributed by atoms with van der Waals surface area (Å²) < 4.78 is 0. The Hall–Kier alpha value is -0.630. The number of hydrogen-bond donors (Lipinski definition) is 0. The number of aliphatic imine (C=N–C) groups is 1. The van der Waals surface area contributed by atoms with Crippen LogP contribution in [-0.2, 0) is 6.42 Å². The Balaban J connectivity index is 0.00000144. The maximum atomic E-state index is 4.68. The van der Waals surface area contributed by atoms with Gasteiger partial charge in [0, 0.05) is 18.7 Å². The van der Waals surface area contributed by atoms with Gasteiger partial charge in [0.25, 0.3) is 0 Å². The molecular weight excluding hydrogens is 274 g/mol. The summed E-state index contributed by atoms with van der Waals surface area (Å²) >= 11 is 0. The summed E-state index contributed by atoms with van der Waals surface area (Å²) in [5.74, 6) is 0.764. The van der Waals surface area contributed by atoms with Gasteiger partial charge in [-0.25, -0.2) is 0 Å². The van der Waals surface area contributed by atoms with E-state index in [0.717, 1.165) is 18.9 Å². The molecule has 1 aromatic rings. The van der Waals surface area contributed by atoms with Crippen molar-refractivity contribution in [2.24, 2.45) is 10.9 Å². The zero-order chi connectivity index (χ0) is 11.2. The van der Waals surface area contributed by atoms with Gasteiger partial charge in [-0.15, -0.1) is 17.0 Å². The molecule has 1 nitrogen and oxygen atoms in total. The SMILES string of the molecule is Br.CCCCC1CCN=C1Cc1ccccc1. The van der Waals surface area contributed by atoms with Crippen LogP contribution in [0, 0.1) is 5.92 Å². The standard InChI is InChI=1S/C15H21N.BrH/c1-2-3-9-14-10-11-16-15(14)12-13-7-5-4-6-8-13;/h4-8,14H,2-3,9-12H2,1H3;1H. The molecule has 1 heterocycles. The summed E-state index contributed by atoms with van der Waals surface area (Å²) in [5, 5.41) is 0. The van der Waals surface area contributed by atoms with Crippen LogP contribution in [0.5, 0.6) is 0 Å².